The van der Waals surface area contributed by atoms with E-state index < -0.39 is 0 Å². The second-order valence-corrected chi connectivity index (χ2v) is 11.1. The van der Waals surface area contributed by atoms with Gasteiger partial charge in [-0.15, -0.1) is 22.7 Å². The Morgan fingerprint density at radius 2 is 1.89 bits per heavy atom. The maximum Gasteiger partial charge on any atom is 0.227 e. The molecule has 0 aliphatic carbocycles. The van der Waals surface area contributed by atoms with E-state index in [1.807, 2.05) is 26.0 Å². The van der Waals surface area contributed by atoms with Gasteiger partial charge in [0.1, 0.15) is 10.0 Å². The van der Waals surface area contributed by atoms with Crippen LogP contribution in [0.25, 0.3) is 20.8 Å². The molecule has 148 valence electrons. The number of nitrogens with zero attached hydrogens (tertiary/aromatic N) is 1. The Labute approximate surface area is 174 Å². The van der Waals surface area contributed by atoms with E-state index in [2.05, 4.69) is 50.5 Å². The van der Waals surface area contributed by atoms with Crippen LogP contribution in [-0.4, -0.2) is 16.4 Å². The van der Waals surface area contributed by atoms with E-state index in [0.717, 1.165) is 27.5 Å². The van der Waals surface area contributed by atoms with E-state index in [0.29, 0.717) is 0 Å². The smallest absolute Gasteiger partial charge is 0.227 e. The maximum absolute atomic E-state index is 12.5. The first-order chi connectivity index (χ1) is 13.1. The van der Waals surface area contributed by atoms with E-state index in [1.54, 1.807) is 22.7 Å². The van der Waals surface area contributed by atoms with Gasteiger partial charge >= 0.3 is 0 Å². The monoisotopic (exact) mass is 413 g/mol. The summed E-state index contributed by atoms with van der Waals surface area (Å²) in [6.07, 6.45) is 0.908. The third-order valence-corrected chi connectivity index (χ3v) is 7.64. The van der Waals surface area contributed by atoms with Gasteiger partial charge in [0, 0.05) is 27.4 Å². The van der Waals surface area contributed by atoms with Gasteiger partial charge in [-0.25, -0.2) is 4.98 Å². The number of thiazole rings is 1. The fourth-order valence-corrected chi connectivity index (χ4v) is 6.47. The Kier molecular flexibility index (Phi) is 4.64. The zero-order valence-electron chi connectivity index (χ0n) is 17.3. The summed E-state index contributed by atoms with van der Waals surface area (Å²) in [6.45, 7) is 12.8. The summed E-state index contributed by atoms with van der Waals surface area (Å²) >= 11 is 3.39. The quantitative estimate of drug-likeness (QED) is 0.572. The molecule has 6 heteroatoms. The van der Waals surface area contributed by atoms with Crippen LogP contribution in [-0.2, 0) is 16.8 Å². The Morgan fingerprint density at radius 3 is 2.57 bits per heavy atom. The van der Waals surface area contributed by atoms with Crippen molar-refractivity contribution >= 4 is 43.8 Å². The minimum Gasteiger partial charge on any atom is -0.317 e. The number of anilines is 1. The summed E-state index contributed by atoms with van der Waals surface area (Å²) in [6, 6.07) is 8.23. The molecular formula is C22H27N3OS2. The first kappa shape index (κ1) is 19.6. The SMILES string of the molecule is CC(C)C(=O)Nc1sc2c(c1-c1nc3ccccc3s1)CC(C)(C)NC2(C)C. The minimum atomic E-state index is -0.159. The van der Waals surface area contributed by atoms with Gasteiger partial charge in [-0.2, -0.15) is 0 Å². The molecule has 0 radical (unpaired) electrons. The molecule has 3 heterocycles. The fraction of sp³-hybridized carbons (Fsp3) is 0.455. The molecule has 1 aromatic carbocycles. The van der Waals surface area contributed by atoms with E-state index >= 15 is 0 Å². The number of nitrogens with one attached hydrogen (secondary N) is 2. The van der Waals surface area contributed by atoms with Crippen molar-refractivity contribution in [2.24, 2.45) is 5.92 Å². The number of rotatable bonds is 3. The molecule has 0 spiro atoms. The lowest BCUT2D eigenvalue weighted by Gasteiger charge is -2.42. The molecule has 0 unspecified atom stereocenters. The number of hydrogen-bond acceptors (Lipinski definition) is 5. The first-order valence-corrected chi connectivity index (χ1v) is 11.3. The van der Waals surface area contributed by atoms with Gasteiger partial charge in [0.2, 0.25) is 5.91 Å². The molecule has 4 nitrogen and oxygen atoms in total. The number of fused-ring (bicyclic) bond motifs is 2. The van der Waals surface area contributed by atoms with Crippen molar-refractivity contribution in [3.63, 3.8) is 0 Å². The second-order valence-electron chi connectivity index (χ2n) is 9.06. The number of carbonyl (C=O) groups excluding carboxylic acids is 1. The van der Waals surface area contributed by atoms with Gasteiger partial charge in [-0.3, -0.25) is 4.79 Å². The van der Waals surface area contributed by atoms with Crippen molar-refractivity contribution in [3.8, 4) is 10.6 Å². The van der Waals surface area contributed by atoms with Gasteiger partial charge in [-0.05, 0) is 51.8 Å². The van der Waals surface area contributed by atoms with Crippen molar-refractivity contribution < 1.29 is 4.79 Å². The minimum absolute atomic E-state index is 0.0255. The molecule has 0 atom stereocenters. The average molecular weight is 414 g/mol. The van der Waals surface area contributed by atoms with Gasteiger partial charge in [-0.1, -0.05) is 26.0 Å². The van der Waals surface area contributed by atoms with Crippen LogP contribution in [0.3, 0.4) is 0 Å². The standard InChI is InChI=1S/C22H27N3OS2/c1-12(2)18(26)24-20-16(19-23-14-9-7-8-10-15(14)27-19)13-11-21(3,4)25-22(5,6)17(13)28-20/h7-10,12,25H,11H2,1-6H3,(H,24,26). The Bertz CT molecular complexity index is 1030. The molecule has 0 saturated carbocycles. The molecule has 1 aliphatic heterocycles. The highest BCUT2D eigenvalue weighted by atomic mass is 32.1. The van der Waals surface area contributed by atoms with Crippen molar-refractivity contribution in [1.82, 2.24) is 10.3 Å². The number of aromatic nitrogens is 1. The lowest BCUT2D eigenvalue weighted by Crippen LogP contribution is -2.54. The van der Waals surface area contributed by atoms with E-state index in [1.165, 1.54) is 15.1 Å². The van der Waals surface area contributed by atoms with Crippen LogP contribution in [0.15, 0.2) is 24.3 Å². The normalized spacial score (nSPS) is 17.7. The van der Waals surface area contributed by atoms with Crippen molar-refractivity contribution in [2.75, 3.05) is 5.32 Å². The maximum atomic E-state index is 12.5. The number of carbonyl (C=O) groups is 1. The molecule has 1 aliphatic rings. The summed E-state index contributed by atoms with van der Waals surface area (Å²) in [5.74, 6) is -0.0177. The third-order valence-electron chi connectivity index (χ3n) is 5.11. The predicted molar refractivity (Wildman–Crippen MR) is 120 cm³/mol. The van der Waals surface area contributed by atoms with Gasteiger partial charge in [0.05, 0.1) is 10.2 Å². The molecule has 3 aromatic rings. The van der Waals surface area contributed by atoms with Crippen LogP contribution in [0.5, 0.6) is 0 Å². The van der Waals surface area contributed by atoms with Crippen molar-refractivity contribution in [2.45, 2.75) is 59.0 Å². The van der Waals surface area contributed by atoms with Crippen LogP contribution >= 0.6 is 22.7 Å². The lowest BCUT2D eigenvalue weighted by molar-refractivity contribution is -0.118. The van der Waals surface area contributed by atoms with Gasteiger partial charge < -0.3 is 10.6 Å². The first-order valence-electron chi connectivity index (χ1n) is 9.70. The molecular weight excluding hydrogens is 386 g/mol. The molecule has 0 fully saturated rings. The van der Waals surface area contributed by atoms with Gasteiger partial charge in [0.15, 0.2) is 0 Å². The molecule has 1 amide bonds. The molecule has 28 heavy (non-hydrogen) atoms. The number of benzene rings is 1. The Morgan fingerprint density at radius 1 is 1.18 bits per heavy atom. The van der Waals surface area contributed by atoms with Crippen LogP contribution in [0.1, 0.15) is 52.0 Å². The number of para-hydroxylation sites is 1. The highest BCUT2D eigenvalue weighted by Gasteiger charge is 2.41. The molecule has 0 saturated heterocycles. The fourth-order valence-electron chi connectivity index (χ4n) is 4.08. The number of thiophene rings is 1. The van der Waals surface area contributed by atoms with Crippen LogP contribution in [0.2, 0.25) is 0 Å². The van der Waals surface area contributed by atoms with Crippen LogP contribution < -0.4 is 10.6 Å². The number of amides is 1. The van der Waals surface area contributed by atoms with Crippen molar-refractivity contribution in [3.05, 3.63) is 34.7 Å². The third kappa shape index (κ3) is 3.38. The average Bonchev–Trinajstić information content (AvgIpc) is 3.14. The van der Waals surface area contributed by atoms with Crippen molar-refractivity contribution in [1.29, 1.82) is 0 Å². The topological polar surface area (TPSA) is 54.0 Å². The zero-order chi connectivity index (χ0) is 20.3. The van der Waals surface area contributed by atoms with E-state index in [4.69, 9.17) is 4.98 Å². The van der Waals surface area contributed by atoms with E-state index in [9.17, 15) is 4.79 Å². The van der Waals surface area contributed by atoms with Crippen LogP contribution in [0, 0.1) is 5.92 Å². The summed E-state index contributed by atoms with van der Waals surface area (Å²) in [5.41, 5.74) is 3.25. The summed E-state index contributed by atoms with van der Waals surface area (Å²) in [5, 5.41) is 8.88. The van der Waals surface area contributed by atoms with Crippen LogP contribution in [0.4, 0.5) is 5.00 Å². The molecule has 2 N–H and O–H groups in total. The molecule has 4 rings (SSSR count). The zero-order valence-corrected chi connectivity index (χ0v) is 18.9. The summed E-state index contributed by atoms with van der Waals surface area (Å²) in [4.78, 5) is 18.7. The Balaban J connectivity index is 1.94. The summed E-state index contributed by atoms with van der Waals surface area (Å²) in [7, 11) is 0. The molecule has 0 bridgehead atoms. The lowest BCUT2D eigenvalue weighted by atomic mass is 9.81. The van der Waals surface area contributed by atoms with E-state index in [-0.39, 0.29) is 22.9 Å². The molecule has 2 aromatic heterocycles. The Hall–Kier alpha value is -1.76. The predicted octanol–water partition coefficient (Wildman–Crippen LogP) is 5.78. The highest BCUT2D eigenvalue weighted by Crippen LogP contribution is 2.50. The largest absolute Gasteiger partial charge is 0.317 e. The number of hydrogen-bond donors (Lipinski definition) is 2. The summed E-state index contributed by atoms with van der Waals surface area (Å²) < 4.78 is 1.17. The highest BCUT2D eigenvalue weighted by molar-refractivity contribution is 7.23. The second kappa shape index (κ2) is 6.65. The van der Waals surface area contributed by atoms with Gasteiger partial charge in [0.25, 0.3) is 0 Å².